The summed E-state index contributed by atoms with van der Waals surface area (Å²) in [6, 6.07) is 0.770. The number of hydrogen-bond acceptors (Lipinski definition) is 2. The van der Waals surface area contributed by atoms with Crippen LogP contribution in [0, 0.1) is 0 Å². The molecule has 2 fully saturated rings. The maximum Gasteiger partial charge on any atom is 0.318 e. The Morgan fingerprint density at radius 2 is 2.25 bits per heavy atom. The third-order valence-corrected chi connectivity index (χ3v) is 3.63. The summed E-state index contributed by atoms with van der Waals surface area (Å²) in [7, 11) is 0. The number of hydrogen-bond donors (Lipinski definition) is 1. The van der Waals surface area contributed by atoms with E-state index in [0.717, 1.165) is 25.8 Å². The number of carbonyl (C=O) groups excluding carboxylic acids is 1. The highest BCUT2D eigenvalue weighted by molar-refractivity contribution is 5.75. The van der Waals surface area contributed by atoms with Gasteiger partial charge in [0.2, 0.25) is 0 Å². The van der Waals surface area contributed by atoms with Crippen LogP contribution in [0.15, 0.2) is 0 Å². The number of nitrogens with one attached hydrogen (secondary N) is 1. The van der Waals surface area contributed by atoms with Gasteiger partial charge in [-0.05, 0) is 32.6 Å². The van der Waals surface area contributed by atoms with Crippen LogP contribution in [-0.2, 0) is 4.74 Å². The maximum atomic E-state index is 12.1. The summed E-state index contributed by atoms with van der Waals surface area (Å²) in [6.45, 7) is 5.52. The normalized spacial score (nSPS) is 31.0. The first-order chi connectivity index (χ1) is 7.70. The zero-order valence-corrected chi connectivity index (χ0v) is 10.2. The number of amides is 2. The van der Waals surface area contributed by atoms with Crippen LogP contribution in [0.2, 0.25) is 0 Å². The second-order valence-corrected chi connectivity index (χ2v) is 4.94. The molecule has 92 valence electrons. The molecule has 0 radical (unpaired) electrons. The fourth-order valence-electron chi connectivity index (χ4n) is 2.24. The van der Waals surface area contributed by atoms with Crippen molar-refractivity contribution in [3.63, 3.8) is 0 Å². The van der Waals surface area contributed by atoms with Crippen LogP contribution in [0.5, 0.6) is 0 Å². The van der Waals surface area contributed by atoms with E-state index in [-0.39, 0.29) is 18.2 Å². The standard InChI is InChI=1S/C12H22N2O2/c1-3-11-8-16-9(2)7-14(11)12(15)13-10-5-4-6-10/h9-11H,3-8H2,1-2H3,(H,13,15). The van der Waals surface area contributed by atoms with Gasteiger partial charge in [0.15, 0.2) is 0 Å². The molecule has 1 aliphatic carbocycles. The van der Waals surface area contributed by atoms with Gasteiger partial charge in [-0.2, -0.15) is 0 Å². The first-order valence-electron chi connectivity index (χ1n) is 6.39. The molecule has 16 heavy (non-hydrogen) atoms. The number of carbonyl (C=O) groups is 1. The molecular formula is C12H22N2O2. The largest absolute Gasteiger partial charge is 0.375 e. The highest BCUT2D eigenvalue weighted by Crippen LogP contribution is 2.20. The monoisotopic (exact) mass is 226 g/mol. The minimum atomic E-state index is 0.103. The molecule has 2 amide bonds. The van der Waals surface area contributed by atoms with Crippen molar-refractivity contribution in [2.75, 3.05) is 13.2 Å². The van der Waals surface area contributed by atoms with Gasteiger partial charge in [-0.15, -0.1) is 0 Å². The molecule has 4 nitrogen and oxygen atoms in total. The van der Waals surface area contributed by atoms with Gasteiger partial charge >= 0.3 is 6.03 Å². The number of ether oxygens (including phenoxy) is 1. The number of morpholine rings is 1. The molecule has 1 aliphatic heterocycles. The zero-order valence-electron chi connectivity index (χ0n) is 10.2. The molecular weight excluding hydrogens is 204 g/mol. The molecule has 0 spiro atoms. The summed E-state index contributed by atoms with van der Waals surface area (Å²) in [4.78, 5) is 14.0. The van der Waals surface area contributed by atoms with Gasteiger partial charge in [-0.25, -0.2) is 4.79 Å². The van der Waals surface area contributed by atoms with E-state index in [1.807, 2.05) is 11.8 Å². The summed E-state index contributed by atoms with van der Waals surface area (Å²) in [6.07, 6.45) is 4.66. The first-order valence-corrected chi connectivity index (χ1v) is 6.39. The predicted molar refractivity (Wildman–Crippen MR) is 62.4 cm³/mol. The molecule has 4 heteroatoms. The van der Waals surface area contributed by atoms with Gasteiger partial charge in [-0.3, -0.25) is 0 Å². The number of rotatable bonds is 2. The van der Waals surface area contributed by atoms with Crippen molar-refractivity contribution in [1.29, 1.82) is 0 Å². The second-order valence-electron chi connectivity index (χ2n) is 4.94. The van der Waals surface area contributed by atoms with Crippen molar-refractivity contribution < 1.29 is 9.53 Å². The van der Waals surface area contributed by atoms with Crippen molar-refractivity contribution >= 4 is 6.03 Å². The molecule has 2 aliphatic rings. The van der Waals surface area contributed by atoms with Crippen LogP contribution in [0.1, 0.15) is 39.5 Å². The van der Waals surface area contributed by atoms with Crippen molar-refractivity contribution in [2.45, 2.75) is 57.7 Å². The Morgan fingerprint density at radius 3 is 2.81 bits per heavy atom. The van der Waals surface area contributed by atoms with E-state index in [2.05, 4.69) is 12.2 Å². The van der Waals surface area contributed by atoms with Gasteiger partial charge < -0.3 is 15.0 Å². The number of urea groups is 1. The van der Waals surface area contributed by atoms with E-state index in [4.69, 9.17) is 4.74 Å². The summed E-state index contributed by atoms with van der Waals surface area (Å²) < 4.78 is 5.59. The topological polar surface area (TPSA) is 41.6 Å². The highest BCUT2D eigenvalue weighted by Gasteiger charge is 2.31. The average molecular weight is 226 g/mol. The lowest BCUT2D eigenvalue weighted by atomic mass is 9.93. The maximum absolute atomic E-state index is 12.1. The fourth-order valence-corrected chi connectivity index (χ4v) is 2.24. The average Bonchev–Trinajstić information content (AvgIpc) is 2.23. The SMILES string of the molecule is CCC1COC(C)CN1C(=O)NC1CCC1. The van der Waals surface area contributed by atoms with Crippen LogP contribution in [-0.4, -0.2) is 42.3 Å². The minimum absolute atomic E-state index is 0.103. The Hall–Kier alpha value is -0.770. The summed E-state index contributed by atoms with van der Waals surface area (Å²) >= 11 is 0. The van der Waals surface area contributed by atoms with Crippen LogP contribution in [0.25, 0.3) is 0 Å². The lowest BCUT2D eigenvalue weighted by molar-refractivity contribution is -0.0385. The lowest BCUT2D eigenvalue weighted by Gasteiger charge is -2.40. The predicted octanol–water partition coefficient (Wildman–Crippen LogP) is 1.75. The van der Waals surface area contributed by atoms with E-state index in [9.17, 15) is 4.79 Å². The molecule has 1 heterocycles. The molecule has 0 aromatic rings. The van der Waals surface area contributed by atoms with Crippen LogP contribution in [0.4, 0.5) is 4.79 Å². The smallest absolute Gasteiger partial charge is 0.318 e. The van der Waals surface area contributed by atoms with Crippen LogP contribution in [0.3, 0.4) is 0 Å². The van der Waals surface area contributed by atoms with E-state index in [0.29, 0.717) is 12.6 Å². The van der Waals surface area contributed by atoms with E-state index >= 15 is 0 Å². The van der Waals surface area contributed by atoms with Gasteiger partial charge in [0.25, 0.3) is 0 Å². The van der Waals surface area contributed by atoms with Crippen LogP contribution < -0.4 is 5.32 Å². The van der Waals surface area contributed by atoms with Gasteiger partial charge in [0.1, 0.15) is 0 Å². The number of nitrogens with zero attached hydrogens (tertiary/aromatic N) is 1. The molecule has 0 bridgehead atoms. The molecule has 0 aromatic heterocycles. The molecule has 2 atom stereocenters. The van der Waals surface area contributed by atoms with Crippen molar-refractivity contribution in [1.82, 2.24) is 10.2 Å². The Balaban J connectivity index is 1.89. The zero-order chi connectivity index (χ0) is 11.5. The Labute approximate surface area is 97.3 Å². The fraction of sp³-hybridized carbons (Fsp3) is 0.917. The third kappa shape index (κ3) is 2.48. The Bertz CT molecular complexity index is 253. The molecule has 0 aromatic carbocycles. The Morgan fingerprint density at radius 1 is 1.50 bits per heavy atom. The molecule has 1 saturated heterocycles. The van der Waals surface area contributed by atoms with Crippen molar-refractivity contribution in [3.05, 3.63) is 0 Å². The van der Waals surface area contributed by atoms with Crippen LogP contribution >= 0.6 is 0 Å². The third-order valence-electron chi connectivity index (χ3n) is 3.63. The van der Waals surface area contributed by atoms with Gasteiger partial charge in [0, 0.05) is 12.6 Å². The van der Waals surface area contributed by atoms with E-state index in [1.165, 1.54) is 6.42 Å². The summed E-state index contributed by atoms with van der Waals surface area (Å²) in [5.74, 6) is 0. The van der Waals surface area contributed by atoms with Crippen molar-refractivity contribution in [2.24, 2.45) is 0 Å². The molecule has 1 N–H and O–H groups in total. The molecule has 2 unspecified atom stereocenters. The minimum Gasteiger partial charge on any atom is -0.375 e. The highest BCUT2D eigenvalue weighted by atomic mass is 16.5. The summed E-state index contributed by atoms with van der Waals surface area (Å²) in [5.41, 5.74) is 0. The first kappa shape index (κ1) is 11.7. The van der Waals surface area contributed by atoms with E-state index in [1.54, 1.807) is 0 Å². The lowest BCUT2D eigenvalue weighted by Crippen LogP contribution is -2.56. The van der Waals surface area contributed by atoms with Gasteiger partial charge in [0.05, 0.1) is 18.8 Å². The van der Waals surface area contributed by atoms with Crippen molar-refractivity contribution in [3.8, 4) is 0 Å². The molecule has 1 saturated carbocycles. The quantitative estimate of drug-likeness (QED) is 0.779. The molecule has 2 rings (SSSR count). The van der Waals surface area contributed by atoms with E-state index < -0.39 is 0 Å². The van der Waals surface area contributed by atoms with Gasteiger partial charge in [-0.1, -0.05) is 6.92 Å². The second kappa shape index (κ2) is 5.04. The Kier molecular flexibility index (Phi) is 3.69. The summed E-state index contributed by atoms with van der Waals surface area (Å²) in [5, 5.41) is 3.10.